The summed E-state index contributed by atoms with van der Waals surface area (Å²) in [5.74, 6) is -0.573. The van der Waals surface area contributed by atoms with Crippen molar-refractivity contribution in [3.63, 3.8) is 0 Å². The first-order valence-corrected chi connectivity index (χ1v) is 6.91. The number of benzene rings is 1. The number of nitrogens with one attached hydrogen (secondary N) is 1. The third-order valence-electron chi connectivity index (χ3n) is 2.79. The number of rotatable bonds is 5. The maximum absolute atomic E-state index is 11.3. The molecule has 0 radical (unpaired) electrons. The average Bonchev–Trinajstić information content (AvgIpc) is 2.80. The molecule has 0 bridgehead atoms. The molecule has 0 saturated heterocycles. The second kappa shape index (κ2) is 7.93. The van der Waals surface area contributed by atoms with Gasteiger partial charge in [-0.3, -0.25) is 10.1 Å². The van der Waals surface area contributed by atoms with Crippen LogP contribution in [0.5, 0.6) is 0 Å². The van der Waals surface area contributed by atoms with Gasteiger partial charge in [0.25, 0.3) is 5.91 Å². The fourth-order valence-corrected chi connectivity index (χ4v) is 2.93. The molecule has 5 nitrogen and oxygen atoms in total. The second-order valence-corrected chi connectivity index (χ2v) is 5.43. The van der Waals surface area contributed by atoms with E-state index in [1.165, 1.54) is 16.9 Å². The number of nitrogens with two attached hydrogens (primary N) is 2. The van der Waals surface area contributed by atoms with E-state index in [9.17, 15) is 9.59 Å². The van der Waals surface area contributed by atoms with Crippen LogP contribution in [0.25, 0.3) is 0 Å². The van der Waals surface area contributed by atoms with E-state index in [-0.39, 0.29) is 20.4 Å². The van der Waals surface area contributed by atoms with Crippen LogP contribution in [0.15, 0.2) is 36.4 Å². The maximum atomic E-state index is 11.3. The maximum Gasteiger partial charge on any atom is 0.317 e. The predicted octanol–water partition coefficient (Wildman–Crippen LogP) is 2.12. The van der Waals surface area contributed by atoms with E-state index in [1.54, 1.807) is 6.07 Å². The van der Waals surface area contributed by atoms with E-state index in [2.05, 4.69) is 5.32 Å². The minimum Gasteiger partial charge on any atom is -0.366 e. The molecule has 21 heavy (non-hydrogen) atoms. The van der Waals surface area contributed by atoms with Crippen molar-refractivity contribution in [3.8, 4) is 0 Å². The number of hydrogen-bond donors (Lipinski definition) is 3. The van der Waals surface area contributed by atoms with Gasteiger partial charge < -0.3 is 11.5 Å². The molecule has 0 unspecified atom stereocenters. The van der Waals surface area contributed by atoms with Crippen molar-refractivity contribution in [2.45, 2.75) is 12.8 Å². The molecule has 0 atom stereocenters. The Morgan fingerprint density at radius 3 is 2.33 bits per heavy atom. The fourth-order valence-electron chi connectivity index (χ4n) is 1.87. The Kier molecular flexibility index (Phi) is 6.56. The van der Waals surface area contributed by atoms with E-state index >= 15 is 0 Å². The molecule has 0 aliphatic heterocycles. The number of aryl methyl sites for hydroxylation is 2. The molecular formula is C14H15N3O2PdS. The zero-order valence-corrected chi connectivity index (χ0v) is 13.4. The Balaban J connectivity index is 0.00000220. The summed E-state index contributed by atoms with van der Waals surface area (Å²) in [7, 11) is 0. The zero-order chi connectivity index (χ0) is 14.5. The van der Waals surface area contributed by atoms with Crippen molar-refractivity contribution in [3.05, 3.63) is 52.4 Å². The number of anilines is 1. The van der Waals surface area contributed by atoms with Crippen molar-refractivity contribution in [2.24, 2.45) is 11.5 Å². The van der Waals surface area contributed by atoms with Crippen LogP contribution in [0.4, 0.5) is 9.80 Å². The van der Waals surface area contributed by atoms with Gasteiger partial charge in [0.05, 0.1) is 5.56 Å². The first-order valence-electron chi connectivity index (χ1n) is 6.09. The molecular weight excluding hydrogens is 381 g/mol. The normalized spacial score (nSPS) is 9.71. The van der Waals surface area contributed by atoms with Gasteiger partial charge in [-0.15, -0.1) is 11.3 Å². The standard InChI is InChI=1S/C14H15N3O2S.Pd/c15-12(18)11-8-10(20-13(11)17-14(16)19)7-6-9-4-2-1-3-5-9;/h1-5,8H,6-7H2,(H2,15,18)(H3,16,17,19);. The number of carbonyl (C=O) groups is 2. The van der Waals surface area contributed by atoms with Crippen LogP contribution in [-0.4, -0.2) is 11.9 Å². The molecule has 0 saturated carbocycles. The van der Waals surface area contributed by atoms with Crippen molar-refractivity contribution < 1.29 is 30.0 Å². The molecule has 0 aliphatic rings. The van der Waals surface area contributed by atoms with Gasteiger partial charge in [0, 0.05) is 25.3 Å². The first kappa shape index (κ1) is 17.4. The summed E-state index contributed by atoms with van der Waals surface area (Å²) in [6, 6.07) is 11.0. The Morgan fingerprint density at radius 2 is 1.76 bits per heavy atom. The van der Waals surface area contributed by atoms with Crippen LogP contribution in [0, 0.1) is 0 Å². The van der Waals surface area contributed by atoms with Crippen LogP contribution < -0.4 is 16.8 Å². The van der Waals surface area contributed by atoms with Crippen LogP contribution in [0.3, 0.4) is 0 Å². The molecule has 2 aromatic rings. The van der Waals surface area contributed by atoms with Crippen molar-refractivity contribution in [2.75, 3.05) is 5.32 Å². The van der Waals surface area contributed by atoms with Crippen LogP contribution in [0.1, 0.15) is 20.8 Å². The molecule has 7 heteroatoms. The smallest absolute Gasteiger partial charge is 0.317 e. The van der Waals surface area contributed by atoms with E-state index < -0.39 is 11.9 Å². The minimum atomic E-state index is -0.705. The molecule has 0 aliphatic carbocycles. The van der Waals surface area contributed by atoms with Gasteiger partial charge in [-0.05, 0) is 24.5 Å². The van der Waals surface area contributed by atoms with Gasteiger partial charge in [0.1, 0.15) is 5.00 Å². The monoisotopic (exact) mass is 395 g/mol. The molecule has 114 valence electrons. The molecule has 1 heterocycles. The summed E-state index contributed by atoms with van der Waals surface area (Å²) in [4.78, 5) is 23.2. The zero-order valence-electron chi connectivity index (χ0n) is 11.1. The SMILES string of the molecule is NC(=O)Nc1sc(CCc2ccccc2)cc1C(N)=O.[Pd]. The molecule has 1 aromatic carbocycles. The Labute approximate surface area is 140 Å². The van der Waals surface area contributed by atoms with Crippen molar-refractivity contribution in [1.29, 1.82) is 0 Å². The van der Waals surface area contributed by atoms with Gasteiger partial charge in [0.15, 0.2) is 0 Å². The van der Waals surface area contributed by atoms with Crippen LogP contribution in [0.2, 0.25) is 0 Å². The van der Waals surface area contributed by atoms with E-state index in [0.29, 0.717) is 10.6 Å². The van der Waals surface area contributed by atoms with E-state index in [1.807, 2.05) is 30.3 Å². The molecule has 1 aromatic heterocycles. The van der Waals surface area contributed by atoms with Gasteiger partial charge in [-0.25, -0.2) is 4.79 Å². The molecule has 5 N–H and O–H groups in total. The number of primary amides is 2. The van der Waals surface area contributed by atoms with Gasteiger partial charge >= 0.3 is 6.03 Å². The topological polar surface area (TPSA) is 98.2 Å². The van der Waals surface area contributed by atoms with Crippen molar-refractivity contribution >= 4 is 28.3 Å². The quantitative estimate of drug-likeness (QED) is 0.676. The summed E-state index contributed by atoms with van der Waals surface area (Å²) >= 11 is 1.32. The summed E-state index contributed by atoms with van der Waals surface area (Å²) in [6.45, 7) is 0. The third kappa shape index (κ3) is 4.98. The average molecular weight is 396 g/mol. The fraction of sp³-hybridized carbons (Fsp3) is 0.143. The minimum absolute atomic E-state index is 0. The number of hydrogen-bond acceptors (Lipinski definition) is 3. The summed E-state index contributed by atoms with van der Waals surface area (Å²) in [6.07, 6.45) is 1.63. The number of amides is 3. The van der Waals surface area contributed by atoms with Crippen LogP contribution in [-0.2, 0) is 33.3 Å². The number of urea groups is 1. The number of carbonyl (C=O) groups excluding carboxylic acids is 2. The van der Waals surface area contributed by atoms with Gasteiger partial charge in [-0.2, -0.15) is 0 Å². The molecule has 3 amide bonds. The van der Waals surface area contributed by atoms with Gasteiger partial charge in [-0.1, -0.05) is 30.3 Å². The van der Waals surface area contributed by atoms with E-state index in [0.717, 1.165) is 17.7 Å². The third-order valence-corrected chi connectivity index (χ3v) is 3.90. The van der Waals surface area contributed by atoms with E-state index in [4.69, 9.17) is 11.5 Å². The number of thiophene rings is 1. The second-order valence-electron chi connectivity index (χ2n) is 4.29. The Hall–Kier alpha value is -1.68. The predicted molar refractivity (Wildman–Crippen MR) is 79.9 cm³/mol. The van der Waals surface area contributed by atoms with Crippen LogP contribution >= 0.6 is 11.3 Å². The summed E-state index contributed by atoms with van der Waals surface area (Å²) in [5, 5.41) is 2.84. The summed E-state index contributed by atoms with van der Waals surface area (Å²) < 4.78 is 0. The van der Waals surface area contributed by atoms with Crippen molar-refractivity contribution in [1.82, 2.24) is 0 Å². The first-order chi connectivity index (χ1) is 9.56. The molecule has 0 spiro atoms. The molecule has 0 fully saturated rings. The Morgan fingerprint density at radius 1 is 1.10 bits per heavy atom. The largest absolute Gasteiger partial charge is 0.366 e. The molecule has 2 rings (SSSR count). The van der Waals surface area contributed by atoms with Gasteiger partial charge in [0.2, 0.25) is 0 Å². The summed E-state index contributed by atoms with van der Waals surface area (Å²) in [5.41, 5.74) is 11.9. The Bertz CT molecular complexity index is 628.